The summed E-state index contributed by atoms with van der Waals surface area (Å²) >= 11 is 0. The topological polar surface area (TPSA) is 26.2 Å². The third kappa shape index (κ3) is 1.31. The van der Waals surface area contributed by atoms with E-state index in [1.807, 2.05) is 12.1 Å². The maximum absolute atomic E-state index is 5.89. The van der Waals surface area contributed by atoms with Crippen LogP contribution < -0.4 is 4.57 Å². The maximum atomic E-state index is 5.89. The minimum atomic E-state index is 0.0892. The minimum Gasteiger partial charge on any atom is -0.450 e. The van der Waals surface area contributed by atoms with Crippen molar-refractivity contribution in [2.75, 3.05) is 6.61 Å². The van der Waals surface area contributed by atoms with E-state index in [9.17, 15) is 0 Å². The van der Waals surface area contributed by atoms with Gasteiger partial charge in [0.05, 0.1) is 13.0 Å². The second-order valence-corrected chi connectivity index (χ2v) is 4.77. The molecule has 0 N–H and O–H groups in total. The van der Waals surface area contributed by atoms with Crippen LogP contribution in [0.2, 0.25) is 0 Å². The first kappa shape index (κ1) is 10.1. The average Bonchev–Trinajstić information content (AvgIpc) is 2.75. The van der Waals surface area contributed by atoms with Crippen molar-refractivity contribution in [1.29, 1.82) is 0 Å². The predicted molar refractivity (Wildman–Crippen MR) is 68.3 cm³/mol. The zero-order chi connectivity index (χ0) is 12.1. The number of benzene rings is 1. The van der Waals surface area contributed by atoms with Crippen LogP contribution in [0, 0.1) is 0 Å². The highest BCUT2D eigenvalue weighted by Crippen LogP contribution is 2.28. The summed E-state index contributed by atoms with van der Waals surface area (Å²) in [6, 6.07) is 10.4. The molecule has 0 radical (unpaired) electrons. The van der Waals surface area contributed by atoms with Gasteiger partial charge in [-0.15, -0.1) is 0 Å². The Morgan fingerprint density at radius 3 is 3.00 bits per heavy atom. The third-order valence-corrected chi connectivity index (χ3v) is 3.67. The highest BCUT2D eigenvalue weighted by molar-refractivity contribution is 6.04. The first-order valence-electron chi connectivity index (χ1n) is 6.30. The molecule has 0 saturated carbocycles. The average molecular weight is 240 g/mol. The fourth-order valence-electron chi connectivity index (χ4n) is 2.73. The number of aromatic nitrogens is 1. The van der Waals surface area contributed by atoms with Gasteiger partial charge >= 0.3 is 0 Å². The molecule has 0 unspecified atom stereocenters. The molecule has 0 bridgehead atoms. The Hall–Kier alpha value is -1.87. The van der Waals surface area contributed by atoms with Crippen LogP contribution in [0.5, 0.6) is 0 Å². The second kappa shape index (κ2) is 3.56. The molecule has 2 aromatic heterocycles. The van der Waals surface area contributed by atoms with Crippen LogP contribution in [0.3, 0.4) is 0 Å². The van der Waals surface area contributed by atoms with Crippen LogP contribution in [0.1, 0.15) is 18.8 Å². The molecule has 1 aliphatic heterocycles. The molecular weight excluding hydrogens is 226 g/mol. The van der Waals surface area contributed by atoms with Crippen molar-refractivity contribution in [3.63, 3.8) is 0 Å². The van der Waals surface area contributed by atoms with Crippen LogP contribution in [-0.4, -0.2) is 6.61 Å². The summed E-state index contributed by atoms with van der Waals surface area (Å²) in [6.07, 6.45) is 3.11. The van der Waals surface area contributed by atoms with Gasteiger partial charge in [-0.25, -0.2) is 0 Å². The number of hydrogen-bond donors (Lipinski definition) is 0. The molecule has 0 fully saturated rings. The number of fused-ring (bicyclic) bond motifs is 4. The monoisotopic (exact) mass is 240 g/mol. The fourth-order valence-corrected chi connectivity index (χ4v) is 2.73. The zero-order valence-electron chi connectivity index (χ0n) is 10.2. The van der Waals surface area contributed by atoms with E-state index in [0.29, 0.717) is 0 Å². The van der Waals surface area contributed by atoms with Crippen LogP contribution in [0.15, 0.2) is 40.9 Å². The lowest BCUT2D eigenvalue weighted by Gasteiger charge is -2.16. The smallest absolute Gasteiger partial charge is 0.259 e. The van der Waals surface area contributed by atoms with E-state index in [-0.39, 0.29) is 6.23 Å². The van der Waals surface area contributed by atoms with Crippen LogP contribution in [-0.2, 0) is 11.2 Å². The van der Waals surface area contributed by atoms with Gasteiger partial charge in [0.15, 0.2) is 11.3 Å². The number of nitrogens with zero attached hydrogens (tertiary/aromatic N) is 1. The molecule has 90 valence electrons. The van der Waals surface area contributed by atoms with Crippen molar-refractivity contribution in [3.05, 3.63) is 42.2 Å². The van der Waals surface area contributed by atoms with E-state index in [1.54, 1.807) is 0 Å². The lowest BCUT2D eigenvalue weighted by molar-refractivity contribution is -0.772. The van der Waals surface area contributed by atoms with Gasteiger partial charge in [0.25, 0.3) is 6.23 Å². The summed E-state index contributed by atoms with van der Waals surface area (Å²) in [4.78, 5) is 0. The van der Waals surface area contributed by atoms with E-state index in [0.717, 1.165) is 24.2 Å². The van der Waals surface area contributed by atoms with E-state index in [1.165, 1.54) is 16.5 Å². The first-order chi connectivity index (χ1) is 8.83. The quantitative estimate of drug-likeness (QED) is 0.565. The molecule has 1 atom stereocenters. The van der Waals surface area contributed by atoms with Gasteiger partial charge in [-0.2, -0.15) is 4.57 Å². The summed E-state index contributed by atoms with van der Waals surface area (Å²) in [6.45, 7) is 2.86. The predicted octanol–water partition coefficient (Wildman–Crippen LogP) is 2.96. The van der Waals surface area contributed by atoms with Gasteiger partial charge in [0.2, 0.25) is 6.20 Å². The molecule has 18 heavy (non-hydrogen) atoms. The van der Waals surface area contributed by atoms with Gasteiger partial charge in [-0.1, -0.05) is 18.2 Å². The number of rotatable bonds is 0. The molecule has 3 nitrogen and oxygen atoms in total. The van der Waals surface area contributed by atoms with Gasteiger partial charge in [-0.05, 0) is 6.07 Å². The number of hydrogen-bond acceptors (Lipinski definition) is 2. The summed E-state index contributed by atoms with van der Waals surface area (Å²) in [5, 5.41) is 2.39. The molecule has 0 aliphatic carbocycles. The van der Waals surface area contributed by atoms with Crippen molar-refractivity contribution in [2.24, 2.45) is 0 Å². The molecule has 0 spiro atoms. The SMILES string of the molecule is C[C@@H]1OCCc2cc3c(c[n+]21)oc1ccccc13. The highest BCUT2D eigenvalue weighted by atomic mass is 16.5. The van der Waals surface area contributed by atoms with Crippen LogP contribution in [0.25, 0.3) is 21.9 Å². The van der Waals surface area contributed by atoms with E-state index in [2.05, 4.69) is 35.9 Å². The van der Waals surface area contributed by atoms with Crippen LogP contribution in [0.4, 0.5) is 0 Å². The molecule has 1 aliphatic rings. The van der Waals surface area contributed by atoms with Crippen LogP contribution >= 0.6 is 0 Å². The molecule has 3 heteroatoms. The number of pyridine rings is 1. The fraction of sp³-hybridized carbons (Fsp3) is 0.267. The van der Waals surface area contributed by atoms with Gasteiger partial charge < -0.3 is 9.15 Å². The first-order valence-corrected chi connectivity index (χ1v) is 6.30. The van der Waals surface area contributed by atoms with E-state index >= 15 is 0 Å². The third-order valence-electron chi connectivity index (χ3n) is 3.67. The summed E-state index contributed by atoms with van der Waals surface area (Å²) in [5.74, 6) is 0. The zero-order valence-corrected chi connectivity index (χ0v) is 10.2. The Bertz CT molecular complexity index is 745. The van der Waals surface area contributed by atoms with Crippen molar-refractivity contribution in [3.8, 4) is 0 Å². The van der Waals surface area contributed by atoms with Crippen molar-refractivity contribution >= 4 is 21.9 Å². The van der Waals surface area contributed by atoms with Crippen molar-refractivity contribution in [2.45, 2.75) is 19.6 Å². The normalized spacial score (nSPS) is 19.3. The molecule has 1 aromatic carbocycles. The highest BCUT2D eigenvalue weighted by Gasteiger charge is 2.26. The number of furan rings is 1. The molecule has 3 aromatic rings. The Morgan fingerprint density at radius 2 is 2.06 bits per heavy atom. The Morgan fingerprint density at radius 1 is 1.17 bits per heavy atom. The Balaban J connectivity index is 2.10. The van der Waals surface area contributed by atoms with E-state index < -0.39 is 0 Å². The molecular formula is C15H14NO2+. The van der Waals surface area contributed by atoms with Crippen molar-refractivity contribution < 1.29 is 13.7 Å². The molecule has 4 rings (SSSR count). The maximum Gasteiger partial charge on any atom is 0.259 e. The number of ether oxygens (including phenoxy) is 1. The molecule has 3 heterocycles. The van der Waals surface area contributed by atoms with Gasteiger partial charge in [-0.3, -0.25) is 0 Å². The minimum absolute atomic E-state index is 0.0892. The Labute approximate surface area is 105 Å². The van der Waals surface area contributed by atoms with Gasteiger partial charge in [0, 0.05) is 23.8 Å². The van der Waals surface area contributed by atoms with Crippen molar-refractivity contribution in [1.82, 2.24) is 0 Å². The Kier molecular flexibility index (Phi) is 2.00. The number of para-hydroxylation sites is 1. The van der Waals surface area contributed by atoms with Gasteiger partial charge in [0.1, 0.15) is 5.58 Å². The second-order valence-electron chi connectivity index (χ2n) is 4.77. The lowest BCUT2D eigenvalue weighted by atomic mass is 10.1. The molecule has 0 amide bonds. The standard InChI is InChI=1S/C15H14NO2/c1-10-16-9-15-13(8-11(16)6-7-17-10)12-4-2-3-5-14(12)18-15/h2-5,8-10H,6-7H2,1H3/q+1/t10-/m0/s1. The molecule has 0 saturated heterocycles. The summed E-state index contributed by atoms with van der Waals surface area (Å²) in [5.41, 5.74) is 3.19. The summed E-state index contributed by atoms with van der Waals surface area (Å²) < 4.78 is 13.7. The van der Waals surface area contributed by atoms with E-state index in [4.69, 9.17) is 9.15 Å². The largest absolute Gasteiger partial charge is 0.450 e. The lowest BCUT2D eigenvalue weighted by Crippen LogP contribution is -2.46. The summed E-state index contributed by atoms with van der Waals surface area (Å²) in [7, 11) is 0.